The summed E-state index contributed by atoms with van der Waals surface area (Å²) in [5, 5.41) is 17.4. The van der Waals surface area contributed by atoms with Crippen LogP contribution in [0, 0.1) is 0 Å². The third kappa shape index (κ3) is 4.85. The Morgan fingerprint density at radius 1 is 1.11 bits per heavy atom. The monoisotopic (exact) mass is 487 g/mol. The molecule has 2 aromatic carbocycles. The highest BCUT2D eigenvalue weighted by Crippen LogP contribution is 2.32. The van der Waals surface area contributed by atoms with Crippen LogP contribution in [0.2, 0.25) is 0 Å². The number of rotatable bonds is 6. The Bertz CT molecular complexity index is 1410. The Labute approximate surface area is 204 Å². The summed E-state index contributed by atoms with van der Waals surface area (Å²) in [5.74, 6) is -1.33. The number of nitrogens with one attached hydrogen (secondary N) is 3. The number of carboxylic acids is 1. The molecule has 0 radical (unpaired) electrons. The molecule has 3 amide bonds. The number of hydrogen-bond donors (Lipinski definition) is 4. The lowest BCUT2D eigenvalue weighted by molar-refractivity contribution is -0.118. The van der Waals surface area contributed by atoms with Crippen molar-refractivity contribution in [1.82, 2.24) is 15.3 Å². The van der Waals surface area contributed by atoms with Gasteiger partial charge in [-0.2, -0.15) is 0 Å². The molecule has 11 nitrogen and oxygen atoms in total. The molecule has 182 valence electrons. The number of aromatic carboxylic acids is 1. The van der Waals surface area contributed by atoms with E-state index in [1.54, 1.807) is 30.3 Å². The quantitative estimate of drug-likeness (QED) is 0.411. The maximum Gasteiger partial charge on any atom is 0.335 e. The second-order valence-corrected chi connectivity index (χ2v) is 8.46. The van der Waals surface area contributed by atoms with Gasteiger partial charge in [0.05, 0.1) is 23.7 Å². The van der Waals surface area contributed by atoms with Gasteiger partial charge in [-0.3, -0.25) is 14.4 Å². The summed E-state index contributed by atoms with van der Waals surface area (Å²) < 4.78 is 5.32. The van der Waals surface area contributed by atoms with E-state index < -0.39 is 11.9 Å². The lowest BCUT2D eigenvalue weighted by atomic mass is 10.0. The summed E-state index contributed by atoms with van der Waals surface area (Å²) in [6, 6.07) is 11.1. The largest absolute Gasteiger partial charge is 0.482 e. The van der Waals surface area contributed by atoms with E-state index in [0.29, 0.717) is 29.8 Å². The number of benzene rings is 2. The number of fused-ring (bicyclic) bond motifs is 2. The molecule has 1 aromatic heterocycles. The molecular weight excluding hydrogens is 466 g/mol. The van der Waals surface area contributed by atoms with Crippen LogP contribution in [0.15, 0.2) is 48.8 Å². The third-order valence-corrected chi connectivity index (χ3v) is 5.98. The van der Waals surface area contributed by atoms with E-state index in [1.165, 1.54) is 18.5 Å². The van der Waals surface area contributed by atoms with Crippen LogP contribution < -0.4 is 20.7 Å². The molecule has 1 atom stereocenters. The summed E-state index contributed by atoms with van der Waals surface area (Å²) in [6.45, 7) is -0.0463. The van der Waals surface area contributed by atoms with Crippen molar-refractivity contribution in [3.63, 3.8) is 0 Å². The second kappa shape index (κ2) is 9.45. The van der Waals surface area contributed by atoms with Crippen LogP contribution in [0.4, 0.5) is 11.5 Å². The maximum atomic E-state index is 12.8. The average molecular weight is 487 g/mol. The number of aromatic nitrogens is 2. The summed E-state index contributed by atoms with van der Waals surface area (Å²) in [7, 11) is 0. The SMILES string of the molecule is O=C(Cc1ccc2c(c1)NC(=O)CO2)Nc1cc(C(=O)N[C@H]2CCc3cc(C(=O)O)ccc32)ncn1. The van der Waals surface area contributed by atoms with Crippen LogP contribution >= 0.6 is 0 Å². The van der Waals surface area contributed by atoms with Crippen LogP contribution in [-0.4, -0.2) is 45.4 Å². The van der Waals surface area contributed by atoms with E-state index in [4.69, 9.17) is 9.84 Å². The number of aryl methyl sites for hydroxylation is 1. The Balaban J connectivity index is 1.22. The van der Waals surface area contributed by atoms with E-state index >= 15 is 0 Å². The number of nitrogens with zero attached hydrogens (tertiary/aromatic N) is 2. The van der Waals surface area contributed by atoms with E-state index in [0.717, 1.165) is 11.1 Å². The zero-order valence-corrected chi connectivity index (χ0v) is 18.9. The number of ether oxygens (including phenoxy) is 1. The van der Waals surface area contributed by atoms with Gasteiger partial charge in [0.25, 0.3) is 11.8 Å². The molecule has 4 N–H and O–H groups in total. The van der Waals surface area contributed by atoms with Crippen molar-refractivity contribution < 1.29 is 29.0 Å². The molecule has 1 aliphatic carbocycles. The van der Waals surface area contributed by atoms with Crippen LogP contribution in [-0.2, 0) is 22.4 Å². The molecule has 2 heterocycles. The van der Waals surface area contributed by atoms with Crippen molar-refractivity contribution in [2.45, 2.75) is 25.3 Å². The van der Waals surface area contributed by atoms with Gasteiger partial charge in [0, 0.05) is 6.07 Å². The van der Waals surface area contributed by atoms with Gasteiger partial charge < -0.3 is 25.8 Å². The highest BCUT2D eigenvalue weighted by Gasteiger charge is 2.26. The minimum Gasteiger partial charge on any atom is -0.482 e. The zero-order chi connectivity index (χ0) is 25.2. The summed E-state index contributed by atoms with van der Waals surface area (Å²) in [4.78, 5) is 56.1. The van der Waals surface area contributed by atoms with Crippen molar-refractivity contribution in [1.29, 1.82) is 0 Å². The van der Waals surface area contributed by atoms with Crippen LogP contribution in [0.25, 0.3) is 0 Å². The molecule has 1 aliphatic heterocycles. The van der Waals surface area contributed by atoms with Gasteiger partial charge in [-0.25, -0.2) is 14.8 Å². The smallest absolute Gasteiger partial charge is 0.335 e. The lowest BCUT2D eigenvalue weighted by Gasteiger charge is -2.18. The van der Waals surface area contributed by atoms with Crippen molar-refractivity contribution in [2.24, 2.45) is 0 Å². The standard InChI is InChI=1S/C25H21N5O6/c31-22(8-13-1-6-20-18(7-13)28-23(32)11-36-20)30-21-10-19(26-12-27-21)24(33)29-17-5-3-14-9-15(25(34)35)2-4-16(14)17/h1-2,4,6-7,9-10,12,17H,3,5,8,11H2,(H,28,32)(H,29,33)(H,34,35)(H,26,27,30,31)/t17-/m0/s1. The molecular formula is C25H21N5O6. The first-order valence-electron chi connectivity index (χ1n) is 11.2. The fraction of sp³-hybridized carbons (Fsp3) is 0.200. The molecule has 5 rings (SSSR count). The minimum absolute atomic E-state index is 0.0197. The summed E-state index contributed by atoms with van der Waals surface area (Å²) >= 11 is 0. The van der Waals surface area contributed by atoms with Crippen LogP contribution in [0.3, 0.4) is 0 Å². The zero-order valence-electron chi connectivity index (χ0n) is 18.9. The fourth-order valence-corrected chi connectivity index (χ4v) is 4.30. The van der Waals surface area contributed by atoms with Gasteiger partial charge in [-0.1, -0.05) is 12.1 Å². The first-order valence-corrected chi connectivity index (χ1v) is 11.2. The molecule has 0 saturated carbocycles. The highest BCUT2D eigenvalue weighted by atomic mass is 16.5. The van der Waals surface area contributed by atoms with Gasteiger partial charge in [-0.05, 0) is 53.8 Å². The van der Waals surface area contributed by atoms with Crippen molar-refractivity contribution >= 4 is 35.2 Å². The third-order valence-electron chi connectivity index (χ3n) is 5.98. The second-order valence-electron chi connectivity index (χ2n) is 8.46. The number of carboxylic acid groups (broad SMARTS) is 1. The predicted molar refractivity (Wildman–Crippen MR) is 127 cm³/mol. The van der Waals surface area contributed by atoms with Gasteiger partial charge in [-0.15, -0.1) is 0 Å². The lowest BCUT2D eigenvalue weighted by Crippen LogP contribution is -2.28. The van der Waals surface area contributed by atoms with Gasteiger partial charge in [0.2, 0.25) is 5.91 Å². The maximum absolute atomic E-state index is 12.8. The van der Waals surface area contributed by atoms with Crippen molar-refractivity contribution in [3.8, 4) is 5.75 Å². The van der Waals surface area contributed by atoms with E-state index in [2.05, 4.69) is 25.9 Å². The molecule has 11 heteroatoms. The number of amides is 3. The molecule has 0 fully saturated rings. The Kier molecular flexibility index (Phi) is 6.03. The molecule has 36 heavy (non-hydrogen) atoms. The molecule has 0 spiro atoms. The van der Waals surface area contributed by atoms with Gasteiger partial charge in [0.15, 0.2) is 6.61 Å². The summed E-state index contributed by atoms with van der Waals surface area (Å²) in [5.41, 5.74) is 3.24. The van der Waals surface area contributed by atoms with Crippen LogP contribution in [0.5, 0.6) is 5.75 Å². The number of hydrogen-bond acceptors (Lipinski definition) is 7. The molecule has 3 aromatic rings. The molecule has 0 saturated heterocycles. The first kappa shape index (κ1) is 23.0. The van der Waals surface area contributed by atoms with Gasteiger partial charge in [0.1, 0.15) is 23.6 Å². The highest BCUT2D eigenvalue weighted by molar-refractivity contribution is 5.97. The molecule has 0 bridgehead atoms. The van der Waals surface area contributed by atoms with Crippen LogP contribution in [0.1, 0.15) is 50.0 Å². The Morgan fingerprint density at radius 2 is 1.97 bits per heavy atom. The molecule has 2 aliphatic rings. The van der Waals surface area contributed by atoms with Crippen molar-refractivity contribution in [3.05, 3.63) is 76.7 Å². The first-order chi connectivity index (χ1) is 17.4. The fourth-order valence-electron chi connectivity index (χ4n) is 4.30. The number of carbonyl (C=O) groups is 4. The Morgan fingerprint density at radius 3 is 2.81 bits per heavy atom. The van der Waals surface area contributed by atoms with Crippen molar-refractivity contribution in [2.75, 3.05) is 17.2 Å². The molecule has 0 unspecified atom stereocenters. The number of anilines is 2. The van der Waals surface area contributed by atoms with Gasteiger partial charge >= 0.3 is 5.97 Å². The number of carbonyl (C=O) groups excluding carboxylic acids is 3. The van der Waals surface area contributed by atoms with E-state index in [-0.39, 0.29) is 48.0 Å². The van der Waals surface area contributed by atoms with E-state index in [9.17, 15) is 19.2 Å². The minimum atomic E-state index is -0.992. The Hall–Kier alpha value is -4.80. The predicted octanol–water partition coefficient (Wildman–Crippen LogP) is 2.10. The normalized spacial score (nSPS) is 15.7. The van der Waals surface area contributed by atoms with E-state index in [1.807, 2.05) is 0 Å². The average Bonchev–Trinajstić information content (AvgIpc) is 3.25. The topological polar surface area (TPSA) is 160 Å². The summed E-state index contributed by atoms with van der Waals surface area (Å²) in [6.07, 6.45) is 2.51.